The van der Waals surface area contributed by atoms with Gasteiger partial charge in [0.05, 0.1) is 5.92 Å². The van der Waals surface area contributed by atoms with Crippen LogP contribution in [0.25, 0.3) is 0 Å². The van der Waals surface area contributed by atoms with Gasteiger partial charge in [0.25, 0.3) is 0 Å². The summed E-state index contributed by atoms with van der Waals surface area (Å²) in [7, 11) is 0. The molecule has 0 radical (unpaired) electrons. The fourth-order valence-electron chi connectivity index (χ4n) is 2.22. The summed E-state index contributed by atoms with van der Waals surface area (Å²) in [6.07, 6.45) is -3.02. The van der Waals surface area contributed by atoms with Gasteiger partial charge in [-0.25, -0.2) is 0 Å². The first-order valence-corrected chi connectivity index (χ1v) is 5.19. The van der Waals surface area contributed by atoms with Crippen LogP contribution in [0, 0.1) is 0 Å². The van der Waals surface area contributed by atoms with Gasteiger partial charge in [0.1, 0.15) is 0 Å². The number of aryl methyl sites for hydroxylation is 1. The van der Waals surface area contributed by atoms with Crippen LogP contribution >= 0.6 is 0 Å². The molecule has 1 nitrogen and oxygen atoms in total. The summed E-state index contributed by atoms with van der Waals surface area (Å²) in [5.41, 5.74) is 1.42. The molecular formula is C12H11F3O. The number of ketones is 1. The average Bonchev–Trinajstić information content (AvgIpc) is 2.26. The van der Waals surface area contributed by atoms with E-state index in [9.17, 15) is 18.0 Å². The smallest absolute Gasteiger partial charge is 0.289 e. The molecule has 0 aromatic heterocycles. The Balaban J connectivity index is 2.36. The number of rotatable bonds is 1. The third-order valence-electron chi connectivity index (χ3n) is 2.97. The maximum Gasteiger partial charge on any atom is 0.450 e. The second-order valence-electron chi connectivity index (χ2n) is 4.01. The first-order chi connectivity index (χ1) is 7.50. The van der Waals surface area contributed by atoms with Crippen molar-refractivity contribution in [3.8, 4) is 0 Å². The molecule has 0 spiro atoms. The summed E-state index contributed by atoms with van der Waals surface area (Å²) in [5.74, 6) is -2.61. The molecule has 2 rings (SSSR count). The molecule has 0 N–H and O–H groups in total. The second-order valence-corrected chi connectivity index (χ2v) is 4.01. The number of halogens is 3. The number of Topliss-reactive ketones (excluding diaryl/α,β-unsaturated/α-hetero) is 1. The zero-order valence-electron chi connectivity index (χ0n) is 8.55. The molecule has 0 saturated carbocycles. The van der Waals surface area contributed by atoms with Crippen molar-refractivity contribution in [2.45, 2.75) is 31.4 Å². The summed E-state index contributed by atoms with van der Waals surface area (Å²) in [6.45, 7) is 0. The molecule has 4 heteroatoms. The minimum absolute atomic E-state index is 0.301. The van der Waals surface area contributed by atoms with E-state index in [1.807, 2.05) is 0 Å². The van der Waals surface area contributed by atoms with Crippen molar-refractivity contribution >= 4 is 5.78 Å². The number of carbonyl (C=O) groups is 1. The lowest BCUT2D eigenvalue weighted by Gasteiger charge is -2.24. The summed E-state index contributed by atoms with van der Waals surface area (Å²) >= 11 is 0. The van der Waals surface area contributed by atoms with Crippen molar-refractivity contribution < 1.29 is 18.0 Å². The van der Waals surface area contributed by atoms with Crippen LogP contribution in [0.5, 0.6) is 0 Å². The Hall–Kier alpha value is -1.32. The van der Waals surface area contributed by atoms with Crippen LogP contribution in [0.3, 0.4) is 0 Å². The minimum atomic E-state index is -4.73. The Morgan fingerprint density at radius 1 is 1.25 bits per heavy atom. The lowest BCUT2D eigenvalue weighted by molar-refractivity contribution is -0.173. The number of hydrogen-bond acceptors (Lipinski definition) is 1. The predicted molar refractivity (Wildman–Crippen MR) is 53.2 cm³/mol. The van der Waals surface area contributed by atoms with Crippen LogP contribution in [0.15, 0.2) is 24.3 Å². The van der Waals surface area contributed by atoms with Gasteiger partial charge in [-0.15, -0.1) is 0 Å². The van der Waals surface area contributed by atoms with Crippen LogP contribution in [0.1, 0.15) is 29.9 Å². The monoisotopic (exact) mass is 228 g/mol. The van der Waals surface area contributed by atoms with E-state index in [2.05, 4.69) is 0 Å². The molecule has 0 saturated heterocycles. The van der Waals surface area contributed by atoms with Gasteiger partial charge >= 0.3 is 6.18 Å². The van der Waals surface area contributed by atoms with Crippen LogP contribution in [0.2, 0.25) is 0 Å². The Bertz CT molecular complexity index is 409. The number of carbonyl (C=O) groups excluding carboxylic acids is 1. The van der Waals surface area contributed by atoms with Gasteiger partial charge in [-0.1, -0.05) is 24.3 Å². The minimum Gasteiger partial charge on any atom is -0.289 e. The molecule has 1 aliphatic rings. The van der Waals surface area contributed by atoms with Crippen molar-refractivity contribution in [2.75, 3.05) is 0 Å². The molecule has 0 amide bonds. The number of benzene rings is 1. The molecule has 86 valence electrons. The van der Waals surface area contributed by atoms with Crippen molar-refractivity contribution in [1.29, 1.82) is 0 Å². The van der Waals surface area contributed by atoms with Gasteiger partial charge in [0.15, 0.2) is 0 Å². The standard InChI is InChI=1S/C12H11F3O/c13-12(14,15)11(16)10-7-3-5-8-4-1-2-6-9(8)10/h1-2,4,6,10H,3,5,7H2. The SMILES string of the molecule is O=C(C1CCCc2ccccc21)C(F)(F)F. The molecule has 0 heterocycles. The van der Waals surface area contributed by atoms with Crippen molar-refractivity contribution in [2.24, 2.45) is 0 Å². The molecule has 0 fully saturated rings. The van der Waals surface area contributed by atoms with E-state index in [1.165, 1.54) is 0 Å². The summed E-state index contributed by atoms with van der Waals surface area (Å²) in [4.78, 5) is 11.3. The molecule has 1 unspecified atom stereocenters. The van der Waals surface area contributed by atoms with Gasteiger partial charge in [-0.05, 0) is 30.4 Å². The third kappa shape index (κ3) is 1.96. The Labute approximate surface area is 91.3 Å². The maximum atomic E-state index is 12.4. The molecule has 1 atom stereocenters. The zero-order chi connectivity index (χ0) is 11.8. The maximum absolute atomic E-state index is 12.4. The first-order valence-electron chi connectivity index (χ1n) is 5.19. The summed E-state index contributed by atoms with van der Waals surface area (Å²) < 4.78 is 37.1. The van der Waals surface area contributed by atoms with Crippen LogP contribution in [-0.4, -0.2) is 12.0 Å². The fourth-order valence-corrected chi connectivity index (χ4v) is 2.22. The van der Waals surface area contributed by atoms with Crippen molar-refractivity contribution in [1.82, 2.24) is 0 Å². The van der Waals surface area contributed by atoms with Gasteiger partial charge in [0, 0.05) is 0 Å². The van der Waals surface area contributed by atoms with E-state index in [-0.39, 0.29) is 0 Å². The highest BCUT2D eigenvalue weighted by atomic mass is 19.4. The van der Waals surface area contributed by atoms with E-state index < -0.39 is 17.9 Å². The van der Waals surface area contributed by atoms with Crippen molar-refractivity contribution in [3.63, 3.8) is 0 Å². The highest BCUT2D eigenvalue weighted by Crippen LogP contribution is 2.36. The highest BCUT2D eigenvalue weighted by molar-refractivity contribution is 5.91. The third-order valence-corrected chi connectivity index (χ3v) is 2.97. The molecule has 0 aliphatic heterocycles. The van der Waals surface area contributed by atoms with Gasteiger partial charge in [0.2, 0.25) is 5.78 Å². The summed E-state index contributed by atoms with van der Waals surface area (Å²) in [6, 6.07) is 6.90. The van der Waals surface area contributed by atoms with E-state index in [4.69, 9.17) is 0 Å². The Morgan fingerprint density at radius 2 is 1.94 bits per heavy atom. The topological polar surface area (TPSA) is 17.1 Å². The van der Waals surface area contributed by atoms with E-state index >= 15 is 0 Å². The first kappa shape index (κ1) is 11.2. The Morgan fingerprint density at radius 3 is 2.62 bits per heavy atom. The fraction of sp³-hybridized carbons (Fsp3) is 0.417. The van der Waals surface area contributed by atoms with Crippen LogP contribution in [-0.2, 0) is 11.2 Å². The highest BCUT2D eigenvalue weighted by Gasteiger charge is 2.44. The number of alkyl halides is 3. The molecule has 1 aromatic carbocycles. The molecule has 1 aromatic rings. The largest absolute Gasteiger partial charge is 0.450 e. The number of fused-ring (bicyclic) bond motifs is 1. The molecular weight excluding hydrogens is 217 g/mol. The molecule has 0 bridgehead atoms. The normalized spacial score (nSPS) is 20.3. The summed E-state index contributed by atoms with van der Waals surface area (Å²) in [5, 5.41) is 0. The van der Waals surface area contributed by atoms with Gasteiger partial charge in [-0.3, -0.25) is 4.79 Å². The van der Waals surface area contributed by atoms with Gasteiger partial charge in [-0.2, -0.15) is 13.2 Å². The van der Waals surface area contributed by atoms with Gasteiger partial charge < -0.3 is 0 Å². The van der Waals surface area contributed by atoms with Crippen LogP contribution < -0.4 is 0 Å². The number of hydrogen-bond donors (Lipinski definition) is 0. The average molecular weight is 228 g/mol. The Kier molecular flexibility index (Phi) is 2.74. The van der Waals surface area contributed by atoms with E-state index in [0.29, 0.717) is 18.4 Å². The molecule has 1 aliphatic carbocycles. The lowest BCUT2D eigenvalue weighted by atomic mass is 9.80. The van der Waals surface area contributed by atoms with E-state index in [1.54, 1.807) is 24.3 Å². The van der Waals surface area contributed by atoms with E-state index in [0.717, 1.165) is 12.0 Å². The van der Waals surface area contributed by atoms with Crippen LogP contribution in [0.4, 0.5) is 13.2 Å². The lowest BCUT2D eigenvalue weighted by Crippen LogP contribution is -2.31. The quantitative estimate of drug-likeness (QED) is 0.721. The predicted octanol–water partition coefficient (Wildman–Crippen LogP) is 3.24. The second kappa shape index (κ2) is 3.92. The van der Waals surface area contributed by atoms with Crippen molar-refractivity contribution in [3.05, 3.63) is 35.4 Å². The zero-order valence-corrected chi connectivity index (χ0v) is 8.55. The molecule has 16 heavy (non-hydrogen) atoms.